The summed E-state index contributed by atoms with van der Waals surface area (Å²) >= 11 is 0. The van der Waals surface area contributed by atoms with Gasteiger partial charge >= 0.3 is 0 Å². The first-order valence-electron chi connectivity index (χ1n) is 6.67. The summed E-state index contributed by atoms with van der Waals surface area (Å²) in [4.78, 5) is 0. The van der Waals surface area contributed by atoms with Crippen LogP contribution in [-0.4, -0.2) is 44.7 Å². The molecule has 4 nitrogen and oxygen atoms in total. The van der Waals surface area contributed by atoms with Gasteiger partial charge in [-0.1, -0.05) is 30.3 Å². The minimum Gasteiger partial charge on any atom is -0.386 e. The Morgan fingerprint density at radius 3 is 2.47 bits per heavy atom. The Kier molecular flexibility index (Phi) is 8.41. The molecule has 0 spiro atoms. The number of ether oxygens (including phenoxy) is 3. The molecule has 19 heavy (non-hydrogen) atoms. The molecule has 0 amide bonds. The van der Waals surface area contributed by atoms with Crippen molar-refractivity contribution in [2.45, 2.75) is 25.6 Å². The fourth-order valence-corrected chi connectivity index (χ4v) is 1.71. The molecule has 0 aliphatic rings. The molecule has 1 aromatic rings. The standard InChI is InChI=1S/C15H24O4/c1-13(15(16)14-7-4-3-5-8-14)19-12-11-18-10-6-9-17-2/h3-5,7-8,13,15-16H,6,9-12H2,1-2H3. The van der Waals surface area contributed by atoms with Gasteiger partial charge in [-0.05, 0) is 18.9 Å². The summed E-state index contributed by atoms with van der Waals surface area (Å²) in [6.07, 6.45) is 0.0401. The summed E-state index contributed by atoms with van der Waals surface area (Å²) in [6.45, 7) is 4.27. The van der Waals surface area contributed by atoms with E-state index in [1.165, 1.54) is 0 Å². The molecule has 1 N–H and O–H groups in total. The predicted molar refractivity (Wildman–Crippen MR) is 74.1 cm³/mol. The number of aliphatic hydroxyl groups is 1. The molecule has 1 rings (SSSR count). The van der Waals surface area contributed by atoms with E-state index in [2.05, 4.69) is 0 Å². The first-order valence-corrected chi connectivity index (χ1v) is 6.67. The molecule has 0 aromatic heterocycles. The van der Waals surface area contributed by atoms with Gasteiger partial charge in [0.2, 0.25) is 0 Å². The number of hydrogen-bond donors (Lipinski definition) is 1. The molecule has 0 fully saturated rings. The van der Waals surface area contributed by atoms with Crippen LogP contribution in [0.5, 0.6) is 0 Å². The van der Waals surface area contributed by atoms with Gasteiger partial charge in [-0.3, -0.25) is 0 Å². The third-order valence-electron chi connectivity index (χ3n) is 2.83. The van der Waals surface area contributed by atoms with E-state index < -0.39 is 6.10 Å². The SMILES string of the molecule is COCCCOCCOC(C)C(O)c1ccccc1. The molecule has 2 atom stereocenters. The Bertz CT molecular complexity index is 315. The second-order valence-corrected chi connectivity index (χ2v) is 4.39. The highest BCUT2D eigenvalue weighted by atomic mass is 16.5. The van der Waals surface area contributed by atoms with E-state index in [9.17, 15) is 5.11 Å². The lowest BCUT2D eigenvalue weighted by molar-refractivity contribution is -0.0492. The first-order chi connectivity index (χ1) is 9.25. The third kappa shape index (κ3) is 6.68. The molecule has 0 heterocycles. The Morgan fingerprint density at radius 2 is 1.79 bits per heavy atom. The summed E-state index contributed by atoms with van der Waals surface area (Å²) in [6, 6.07) is 9.53. The Balaban J connectivity index is 2.12. The smallest absolute Gasteiger partial charge is 0.105 e. The highest BCUT2D eigenvalue weighted by Crippen LogP contribution is 2.18. The van der Waals surface area contributed by atoms with Crippen molar-refractivity contribution >= 4 is 0 Å². The second kappa shape index (κ2) is 9.92. The highest BCUT2D eigenvalue weighted by molar-refractivity contribution is 5.18. The lowest BCUT2D eigenvalue weighted by Crippen LogP contribution is -2.21. The fraction of sp³-hybridized carbons (Fsp3) is 0.600. The lowest BCUT2D eigenvalue weighted by atomic mass is 10.1. The van der Waals surface area contributed by atoms with E-state index in [0.29, 0.717) is 26.4 Å². The van der Waals surface area contributed by atoms with Crippen LogP contribution in [0, 0.1) is 0 Å². The van der Waals surface area contributed by atoms with Crippen LogP contribution in [0.4, 0.5) is 0 Å². The predicted octanol–water partition coefficient (Wildman–Crippen LogP) is 2.18. The quantitative estimate of drug-likeness (QED) is 0.661. The zero-order valence-corrected chi connectivity index (χ0v) is 11.7. The van der Waals surface area contributed by atoms with Crippen molar-refractivity contribution in [2.75, 3.05) is 33.5 Å². The van der Waals surface area contributed by atoms with E-state index in [4.69, 9.17) is 14.2 Å². The number of benzene rings is 1. The molecule has 0 saturated carbocycles. The van der Waals surface area contributed by atoms with E-state index in [1.54, 1.807) is 7.11 Å². The summed E-state index contributed by atoms with van der Waals surface area (Å²) < 4.78 is 15.9. The van der Waals surface area contributed by atoms with E-state index >= 15 is 0 Å². The molecular weight excluding hydrogens is 244 g/mol. The minimum atomic E-state index is -0.602. The van der Waals surface area contributed by atoms with Crippen LogP contribution in [-0.2, 0) is 14.2 Å². The van der Waals surface area contributed by atoms with Crippen molar-refractivity contribution in [2.24, 2.45) is 0 Å². The summed E-state index contributed by atoms with van der Waals surface area (Å²) in [5.41, 5.74) is 0.871. The molecule has 0 saturated heterocycles. The maximum absolute atomic E-state index is 10.1. The van der Waals surface area contributed by atoms with E-state index in [0.717, 1.165) is 12.0 Å². The molecule has 0 aliphatic carbocycles. The monoisotopic (exact) mass is 268 g/mol. The average Bonchev–Trinajstić information content (AvgIpc) is 2.46. The van der Waals surface area contributed by atoms with Gasteiger partial charge in [0.15, 0.2) is 0 Å². The average molecular weight is 268 g/mol. The lowest BCUT2D eigenvalue weighted by Gasteiger charge is -2.19. The topological polar surface area (TPSA) is 47.9 Å². The number of aliphatic hydroxyl groups excluding tert-OH is 1. The van der Waals surface area contributed by atoms with Crippen LogP contribution in [0.15, 0.2) is 30.3 Å². The molecule has 0 aliphatic heterocycles. The summed E-state index contributed by atoms with van der Waals surface area (Å²) in [7, 11) is 1.68. The molecule has 0 radical (unpaired) electrons. The van der Waals surface area contributed by atoms with Gasteiger partial charge < -0.3 is 19.3 Å². The van der Waals surface area contributed by atoms with Gasteiger partial charge in [0.1, 0.15) is 6.10 Å². The van der Waals surface area contributed by atoms with Gasteiger partial charge in [0, 0.05) is 20.3 Å². The molecule has 2 unspecified atom stereocenters. The maximum atomic E-state index is 10.1. The van der Waals surface area contributed by atoms with Gasteiger partial charge in [-0.15, -0.1) is 0 Å². The Labute approximate surface area is 115 Å². The van der Waals surface area contributed by atoms with E-state index in [-0.39, 0.29) is 6.10 Å². The molecule has 1 aromatic carbocycles. The van der Waals surface area contributed by atoms with Crippen molar-refractivity contribution in [3.63, 3.8) is 0 Å². The largest absolute Gasteiger partial charge is 0.386 e. The van der Waals surface area contributed by atoms with Crippen molar-refractivity contribution in [3.8, 4) is 0 Å². The molecule has 4 heteroatoms. The van der Waals surface area contributed by atoms with Crippen molar-refractivity contribution in [1.29, 1.82) is 0 Å². The minimum absolute atomic E-state index is 0.245. The Hall–Kier alpha value is -0.940. The van der Waals surface area contributed by atoms with Crippen LogP contribution in [0.1, 0.15) is 25.0 Å². The summed E-state index contributed by atoms with van der Waals surface area (Å²) in [5.74, 6) is 0. The first kappa shape index (κ1) is 16.1. The highest BCUT2D eigenvalue weighted by Gasteiger charge is 2.16. The number of methoxy groups -OCH3 is 1. The number of hydrogen-bond acceptors (Lipinski definition) is 4. The molecular formula is C15H24O4. The normalized spacial score (nSPS) is 14.3. The van der Waals surface area contributed by atoms with Crippen LogP contribution in [0.25, 0.3) is 0 Å². The van der Waals surface area contributed by atoms with Crippen molar-refractivity contribution in [3.05, 3.63) is 35.9 Å². The van der Waals surface area contributed by atoms with Gasteiger partial charge in [-0.2, -0.15) is 0 Å². The second-order valence-electron chi connectivity index (χ2n) is 4.39. The van der Waals surface area contributed by atoms with Gasteiger partial charge in [0.25, 0.3) is 0 Å². The number of rotatable bonds is 10. The molecule has 108 valence electrons. The fourth-order valence-electron chi connectivity index (χ4n) is 1.71. The van der Waals surface area contributed by atoms with Crippen LogP contribution in [0.2, 0.25) is 0 Å². The van der Waals surface area contributed by atoms with Crippen molar-refractivity contribution in [1.82, 2.24) is 0 Å². The molecule has 0 bridgehead atoms. The van der Waals surface area contributed by atoms with E-state index in [1.807, 2.05) is 37.3 Å². The van der Waals surface area contributed by atoms with Crippen LogP contribution >= 0.6 is 0 Å². The van der Waals surface area contributed by atoms with Crippen LogP contribution < -0.4 is 0 Å². The summed E-state index contributed by atoms with van der Waals surface area (Å²) in [5, 5.41) is 10.1. The van der Waals surface area contributed by atoms with Crippen molar-refractivity contribution < 1.29 is 19.3 Å². The third-order valence-corrected chi connectivity index (χ3v) is 2.83. The zero-order valence-electron chi connectivity index (χ0n) is 11.7. The van der Waals surface area contributed by atoms with Gasteiger partial charge in [0.05, 0.1) is 19.3 Å². The van der Waals surface area contributed by atoms with Gasteiger partial charge in [-0.25, -0.2) is 0 Å². The zero-order chi connectivity index (χ0) is 13.9. The maximum Gasteiger partial charge on any atom is 0.105 e. The van der Waals surface area contributed by atoms with Crippen LogP contribution in [0.3, 0.4) is 0 Å². The Morgan fingerprint density at radius 1 is 1.05 bits per heavy atom.